The van der Waals surface area contributed by atoms with Gasteiger partial charge in [-0.3, -0.25) is 4.79 Å². The van der Waals surface area contributed by atoms with E-state index in [0.717, 1.165) is 24.6 Å². The summed E-state index contributed by atoms with van der Waals surface area (Å²) in [4.78, 5) is 12.8. The molecule has 0 aromatic carbocycles. The Hall–Kier alpha value is -1.07. The predicted octanol–water partition coefficient (Wildman–Crippen LogP) is 3.37. The van der Waals surface area contributed by atoms with E-state index in [1.165, 1.54) is 32.1 Å². The largest absolute Gasteiger partial charge is 0.327 e. The van der Waals surface area contributed by atoms with Crippen molar-refractivity contribution in [3.8, 4) is 0 Å². The Morgan fingerprint density at radius 3 is 2.58 bits per heavy atom. The molecule has 24 heavy (non-hydrogen) atoms. The molecule has 1 amide bonds. The van der Waals surface area contributed by atoms with Crippen LogP contribution >= 0.6 is 12.4 Å². The molecule has 3 atom stereocenters. The van der Waals surface area contributed by atoms with Crippen molar-refractivity contribution < 1.29 is 4.79 Å². The number of hydrogen-bond acceptors (Lipinski definition) is 3. The van der Waals surface area contributed by atoms with E-state index in [1.807, 2.05) is 10.7 Å². The minimum Gasteiger partial charge on any atom is -0.327 e. The van der Waals surface area contributed by atoms with E-state index in [0.29, 0.717) is 23.9 Å². The minimum atomic E-state index is 0. The van der Waals surface area contributed by atoms with Crippen LogP contribution in [0.2, 0.25) is 0 Å². The maximum absolute atomic E-state index is 12.8. The number of nitrogens with two attached hydrogens (primary N) is 1. The van der Waals surface area contributed by atoms with Crippen molar-refractivity contribution in [1.82, 2.24) is 9.78 Å². The van der Waals surface area contributed by atoms with Gasteiger partial charge in [0.2, 0.25) is 5.91 Å². The second-order valence-electron chi connectivity index (χ2n) is 7.93. The highest BCUT2D eigenvalue weighted by atomic mass is 35.5. The number of rotatable bonds is 4. The van der Waals surface area contributed by atoms with Crippen molar-refractivity contribution in [2.24, 2.45) is 29.4 Å². The van der Waals surface area contributed by atoms with Gasteiger partial charge in [-0.25, -0.2) is 4.68 Å². The summed E-state index contributed by atoms with van der Waals surface area (Å²) in [6.45, 7) is 2.20. The molecule has 0 aliphatic heterocycles. The van der Waals surface area contributed by atoms with Crippen LogP contribution in [0.1, 0.15) is 57.9 Å². The fourth-order valence-electron chi connectivity index (χ4n) is 4.75. The maximum atomic E-state index is 12.8. The van der Waals surface area contributed by atoms with Gasteiger partial charge in [-0.1, -0.05) is 6.42 Å². The van der Waals surface area contributed by atoms with Gasteiger partial charge in [-0.2, -0.15) is 5.10 Å². The molecule has 4 rings (SSSR count). The molecule has 0 spiro atoms. The Bertz CT molecular complexity index is 571. The van der Waals surface area contributed by atoms with Gasteiger partial charge in [-0.15, -0.1) is 12.4 Å². The molecule has 3 aliphatic rings. The first-order chi connectivity index (χ1) is 11.1. The molecule has 1 heterocycles. The monoisotopic (exact) mass is 352 g/mol. The molecule has 0 radical (unpaired) electrons. The minimum absolute atomic E-state index is 0. The van der Waals surface area contributed by atoms with Crippen molar-refractivity contribution in [3.05, 3.63) is 12.3 Å². The van der Waals surface area contributed by atoms with E-state index in [4.69, 9.17) is 5.73 Å². The van der Waals surface area contributed by atoms with E-state index in [-0.39, 0.29) is 24.2 Å². The predicted molar refractivity (Wildman–Crippen MR) is 97.1 cm³/mol. The Kier molecular flexibility index (Phi) is 5.21. The summed E-state index contributed by atoms with van der Waals surface area (Å²) in [6, 6.07) is 2.61. The Balaban J connectivity index is 0.00000169. The number of fused-ring (bicyclic) bond motifs is 2. The third-order valence-corrected chi connectivity index (χ3v) is 6.40. The molecule has 0 saturated heterocycles. The SMILES string of the molecule is CC(C1CC1)n1nccc1NC(=O)C1CC2CCCC(C1)C2N.Cl. The molecular formula is C18H29ClN4O. The average Bonchev–Trinajstić information content (AvgIpc) is 3.26. The standard InChI is InChI=1S/C18H28N4O.ClH/c1-11(12-5-6-12)22-16(7-8-20-22)21-18(23)15-9-13-3-2-4-14(10-15)17(13)19;/h7-8,11-15,17H,2-6,9-10,19H2,1H3,(H,21,23);1H. The molecule has 6 heteroatoms. The highest BCUT2D eigenvalue weighted by Gasteiger charge is 2.40. The van der Waals surface area contributed by atoms with E-state index >= 15 is 0 Å². The highest BCUT2D eigenvalue weighted by molar-refractivity contribution is 5.91. The lowest BCUT2D eigenvalue weighted by Crippen LogP contribution is -2.48. The topological polar surface area (TPSA) is 72.9 Å². The zero-order valence-electron chi connectivity index (χ0n) is 14.4. The number of aromatic nitrogens is 2. The van der Waals surface area contributed by atoms with Crippen molar-refractivity contribution >= 4 is 24.1 Å². The third kappa shape index (κ3) is 3.33. The molecular weight excluding hydrogens is 324 g/mol. The van der Waals surface area contributed by atoms with Crippen LogP contribution in [0.5, 0.6) is 0 Å². The van der Waals surface area contributed by atoms with Gasteiger partial charge in [0, 0.05) is 18.0 Å². The van der Waals surface area contributed by atoms with Crippen LogP contribution in [-0.4, -0.2) is 21.7 Å². The van der Waals surface area contributed by atoms with Crippen molar-refractivity contribution in [2.75, 3.05) is 5.32 Å². The van der Waals surface area contributed by atoms with Crippen LogP contribution in [0.15, 0.2) is 12.3 Å². The fourth-order valence-corrected chi connectivity index (χ4v) is 4.75. The van der Waals surface area contributed by atoms with Crippen molar-refractivity contribution in [2.45, 2.75) is 64.0 Å². The number of carbonyl (C=O) groups is 1. The summed E-state index contributed by atoms with van der Waals surface area (Å²) in [5.41, 5.74) is 6.34. The van der Waals surface area contributed by atoms with Gasteiger partial charge in [-0.05, 0) is 63.2 Å². The molecule has 134 valence electrons. The summed E-state index contributed by atoms with van der Waals surface area (Å²) in [5.74, 6) is 2.93. The average molecular weight is 353 g/mol. The number of carbonyl (C=O) groups excluding carboxylic acids is 1. The summed E-state index contributed by atoms with van der Waals surface area (Å²) in [7, 11) is 0. The van der Waals surface area contributed by atoms with Crippen LogP contribution in [0.4, 0.5) is 5.82 Å². The first-order valence-electron chi connectivity index (χ1n) is 9.23. The Morgan fingerprint density at radius 1 is 1.29 bits per heavy atom. The molecule has 3 unspecified atom stereocenters. The number of hydrogen-bond donors (Lipinski definition) is 2. The lowest BCUT2D eigenvalue weighted by Gasteiger charge is -2.43. The summed E-state index contributed by atoms with van der Waals surface area (Å²) in [5, 5.41) is 7.58. The lowest BCUT2D eigenvalue weighted by atomic mass is 9.65. The molecule has 3 fully saturated rings. The quantitative estimate of drug-likeness (QED) is 0.872. The molecule has 3 aliphatic carbocycles. The number of halogens is 1. The summed E-state index contributed by atoms with van der Waals surface area (Å²) < 4.78 is 1.99. The first kappa shape index (κ1) is 17.7. The molecule has 3 N–H and O–H groups in total. The Labute approximate surface area is 150 Å². The molecule has 2 bridgehead atoms. The molecule has 3 saturated carbocycles. The summed E-state index contributed by atoms with van der Waals surface area (Å²) >= 11 is 0. The van der Waals surface area contributed by atoms with E-state index in [2.05, 4.69) is 17.3 Å². The van der Waals surface area contributed by atoms with Gasteiger partial charge in [0.1, 0.15) is 5.82 Å². The summed E-state index contributed by atoms with van der Waals surface area (Å²) in [6.07, 6.45) is 9.92. The van der Waals surface area contributed by atoms with Gasteiger partial charge in [0.25, 0.3) is 0 Å². The Morgan fingerprint density at radius 2 is 1.96 bits per heavy atom. The van der Waals surface area contributed by atoms with Crippen molar-refractivity contribution in [3.63, 3.8) is 0 Å². The van der Waals surface area contributed by atoms with Gasteiger partial charge in [0.05, 0.1) is 12.2 Å². The smallest absolute Gasteiger partial charge is 0.228 e. The first-order valence-corrected chi connectivity index (χ1v) is 9.23. The number of nitrogens with zero attached hydrogens (tertiary/aromatic N) is 2. The second kappa shape index (κ2) is 7.04. The van der Waals surface area contributed by atoms with Gasteiger partial charge < -0.3 is 11.1 Å². The lowest BCUT2D eigenvalue weighted by molar-refractivity contribution is -0.122. The van der Waals surface area contributed by atoms with E-state index in [1.54, 1.807) is 6.20 Å². The van der Waals surface area contributed by atoms with Crippen LogP contribution < -0.4 is 11.1 Å². The van der Waals surface area contributed by atoms with Crippen LogP contribution in [0, 0.1) is 23.7 Å². The van der Waals surface area contributed by atoms with Crippen LogP contribution in [0.25, 0.3) is 0 Å². The van der Waals surface area contributed by atoms with Gasteiger partial charge >= 0.3 is 0 Å². The molecule has 1 aromatic rings. The zero-order valence-corrected chi connectivity index (χ0v) is 15.2. The maximum Gasteiger partial charge on any atom is 0.228 e. The van der Waals surface area contributed by atoms with Crippen molar-refractivity contribution in [1.29, 1.82) is 0 Å². The molecule has 5 nitrogen and oxygen atoms in total. The van der Waals surface area contributed by atoms with Gasteiger partial charge in [0.15, 0.2) is 0 Å². The third-order valence-electron chi connectivity index (χ3n) is 6.40. The zero-order chi connectivity index (χ0) is 16.0. The van der Waals surface area contributed by atoms with Crippen LogP contribution in [0.3, 0.4) is 0 Å². The van der Waals surface area contributed by atoms with Crippen LogP contribution in [-0.2, 0) is 4.79 Å². The number of anilines is 1. The van der Waals surface area contributed by atoms with E-state index in [9.17, 15) is 4.79 Å². The normalized spacial score (nSPS) is 33.4. The number of amides is 1. The number of nitrogens with one attached hydrogen (secondary N) is 1. The van der Waals surface area contributed by atoms with E-state index < -0.39 is 0 Å². The fraction of sp³-hybridized carbons (Fsp3) is 0.778. The highest BCUT2D eigenvalue weighted by Crippen LogP contribution is 2.43. The molecule has 1 aromatic heterocycles. The second-order valence-corrected chi connectivity index (χ2v) is 7.93.